The molecule has 0 aliphatic heterocycles. The largest absolute Gasteiger partial charge is 0.326 e. The maximum absolute atomic E-state index is 11.7. The molecule has 1 aromatic carbocycles. The van der Waals surface area contributed by atoms with Gasteiger partial charge >= 0.3 is 0 Å². The first-order valence-electron chi connectivity index (χ1n) is 5.68. The van der Waals surface area contributed by atoms with E-state index in [-0.39, 0.29) is 11.8 Å². The van der Waals surface area contributed by atoms with Crippen LogP contribution in [0.2, 0.25) is 0 Å². The van der Waals surface area contributed by atoms with Crippen molar-refractivity contribution in [2.75, 3.05) is 10.6 Å². The number of hydrogen-bond donors (Lipinski definition) is 2. The van der Waals surface area contributed by atoms with E-state index in [0.29, 0.717) is 11.4 Å². The molecule has 18 heavy (non-hydrogen) atoms. The van der Waals surface area contributed by atoms with Crippen molar-refractivity contribution in [1.82, 2.24) is 0 Å². The molecule has 4 heteroatoms. The molecule has 2 N–H and O–H groups in total. The third kappa shape index (κ3) is 4.05. The molecule has 0 fully saturated rings. The highest BCUT2D eigenvalue weighted by atomic mass is 16.2. The highest BCUT2D eigenvalue weighted by Crippen LogP contribution is 2.18. The Hall–Kier alpha value is -2.10. The van der Waals surface area contributed by atoms with Gasteiger partial charge in [-0.15, -0.1) is 0 Å². The Bertz CT molecular complexity index is 456. The fraction of sp³-hybridized carbons (Fsp3) is 0.286. The van der Waals surface area contributed by atoms with Gasteiger partial charge in [-0.05, 0) is 30.3 Å². The summed E-state index contributed by atoms with van der Waals surface area (Å²) in [6.07, 6.45) is 1.20. The zero-order valence-electron chi connectivity index (χ0n) is 10.9. The van der Waals surface area contributed by atoms with Gasteiger partial charge < -0.3 is 10.6 Å². The van der Waals surface area contributed by atoms with Crippen molar-refractivity contribution in [3.63, 3.8) is 0 Å². The Labute approximate surface area is 107 Å². The average Bonchev–Trinajstić information content (AvgIpc) is 2.30. The summed E-state index contributed by atoms with van der Waals surface area (Å²) in [4.78, 5) is 22.8. The number of amides is 2. The van der Waals surface area contributed by atoms with E-state index in [1.165, 1.54) is 6.08 Å². The predicted octanol–water partition coefficient (Wildman–Crippen LogP) is 2.80. The van der Waals surface area contributed by atoms with Crippen LogP contribution in [0.15, 0.2) is 36.9 Å². The second kappa shape index (κ2) is 5.49. The molecule has 0 saturated carbocycles. The van der Waals surface area contributed by atoms with Gasteiger partial charge in [-0.3, -0.25) is 9.59 Å². The van der Waals surface area contributed by atoms with Crippen LogP contribution in [-0.4, -0.2) is 11.8 Å². The number of carbonyl (C=O) groups excluding carboxylic acids is 2. The van der Waals surface area contributed by atoms with Gasteiger partial charge in [0.2, 0.25) is 11.8 Å². The smallest absolute Gasteiger partial charge is 0.247 e. The van der Waals surface area contributed by atoms with Crippen LogP contribution in [0, 0.1) is 5.41 Å². The van der Waals surface area contributed by atoms with Crippen LogP contribution < -0.4 is 10.6 Å². The highest BCUT2D eigenvalue weighted by molar-refractivity contribution is 5.99. The number of nitrogens with one attached hydrogen (secondary N) is 2. The number of hydrogen-bond acceptors (Lipinski definition) is 2. The molecule has 0 unspecified atom stereocenters. The molecule has 0 aliphatic carbocycles. The van der Waals surface area contributed by atoms with Crippen molar-refractivity contribution in [2.45, 2.75) is 20.8 Å². The molecule has 0 spiro atoms. The van der Waals surface area contributed by atoms with Crippen molar-refractivity contribution >= 4 is 23.2 Å². The van der Waals surface area contributed by atoms with Crippen molar-refractivity contribution in [2.24, 2.45) is 5.41 Å². The third-order valence-corrected chi connectivity index (χ3v) is 2.28. The Morgan fingerprint density at radius 3 is 1.89 bits per heavy atom. The summed E-state index contributed by atoms with van der Waals surface area (Å²) in [7, 11) is 0. The normalized spacial score (nSPS) is 10.6. The van der Waals surface area contributed by atoms with Gasteiger partial charge in [-0.25, -0.2) is 0 Å². The number of carbonyl (C=O) groups is 2. The van der Waals surface area contributed by atoms with E-state index in [4.69, 9.17) is 0 Å². The van der Waals surface area contributed by atoms with Gasteiger partial charge in [0.15, 0.2) is 0 Å². The van der Waals surface area contributed by atoms with Crippen LogP contribution in [0.3, 0.4) is 0 Å². The summed E-state index contributed by atoms with van der Waals surface area (Å²) in [5.41, 5.74) is 0.926. The van der Waals surface area contributed by atoms with Crippen LogP contribution in [0.5, 0.6) is 0 Å². The van der Waals surface area contributed by atoms with Gasteiger partial charge in [0, 0.05) is 16.8 Å². The minimum Gasteiger partial charge on any atom is -0.326 e. The lowest BCUT2D eigenvalue weighted by Gasteiger charge is -2.17. The Kier molecular flexibility index (Phi) is 4.26. The summed E-state index contributed by atoms with van der Waals surface area (Å²) >= 11 is 0. The first kappa shape index (κ1) is 14.0. The second-order valence-corrected chi connectivity index (χ2v) is 4.97. The second-order valence-electron chi connectivity index (χ2n) is 4.97. The maximum Gasteiger partial charge on any atom is 0.247 e. The fourth-order valence-electron chi connectivity index (χ4n) is 1.15. The molecular formula is C14H18N2O2. The molecule has 0 atom stereocenters. The molecule has 96 valence electrons. The molecule has 2 amide bonds. The highest BCUT2D eigenvalue weighted by Gasteiger charge is 2.20. The van der Waals surface area contributed by atoms with Gasteiger partial charge in [-0.2, -0.15) is 0 Å². The lowest BCUT2D eigenvalue weighted by atomic mass is 9.95. The summed E-state index contributed by atoms with van der Waals surface area (Å²) in [5, 5.41) is 5.44. The number of benzene rings is 1. The zero-order chi connectivity index (χ0) is 13.8. The van der Waals surface area contributed by atoms with Crippen LogP contribution in [0.1, 0.15) is 20.8 Å². The molecule has 1 rings (SSSR count). The van der Waals surface area contributed by atoms with Gasteiger partial charge in [0.25, 0.3) is 0 Å². The molecule has 0 aromatic heterocycles. The topological polar surface area (TPSA) is 58.2 Å². The summed E-state index contributed by atoms with van der Waals surface area (Å²) in [6.45, 7) is 8.92. The first-order valence-corrected chi connectivity index (χ1v) is 5.68. The van der Waals surface area contributed by atoms with Crippen molar-refractivity contribution < 1.29 is 9.59 Å². The van der Waals surface area contributed by atoms with E-state index in [1.807, 2.05) is 20.8 Å². The predicted molar refractivity (Wildman–Crippen MR) is 73.4 cm³/mol. The van der Waals surface area contributed by atoms with Crippen LogP contribution in [-0.2, 0) is 9.59 Å². The Morgan fingerprint density at radius 2 is 1.50 bits per heavy atom. The molecule has 0 heterocycles. The number of rotatable bonds is 3. The summed E-state index contributed by atoms with van der Waals surface area (Å²) in [5.74, 6) is -0.313. The van der Waals surface area contributed by atoms with Gasteiger partial charge in [-0.1, -0.05) is 27.4 Å². The lowest BCUT2D eigenvalue weighted by molar-refractivity contribution is -0.123. The maximum atomic E-state index is 11.7. The molecule has 0 bridgehead atoms. The Balaban J connectivity index is 2.69. The fourth-order valence-corrected chi connectivity index (χ4v) is 1.15. The van der Waals surface area contributed by atoms with E-state index in [9.17, 15) is 9.59 Å². The monoisotopic (exact) mass is 246 g/mol. The Morgan fingerprint density at radius 1 is 1.06 bits per heavy atom. The van der Waals surface area contributed by atoms with Gasteiger partial charge in [0.05, 0.1) is 0 Å². The van der Waals surface area contributed by atoms with Crippen LogP contribution in [0.4, 0.5) is 11.4 Å². The minimum absolute atomic E-state index is 0.0506. The molecular weight excluding hydrogens is 228 g/mol. The zero-order valence-corrected chi connectivity index (χ0v) is 10.9. The quantitative estimate of drug-likeness (QED) is 0.806. The number of anilines is 2. The van der Waals surface area contributed by atoms with E-state index in [1.54, 1.807) is 24.3 Å². The molecule has 0 aliphatic rings. The standard InChI is InChI=1S/C14H18N2O2/c1-5-12(17)15-10-6-8-11(9-7-10)16-13(18)14(2,3)4/h5-9H,1H2,2-4H3,(H,15,17)(H,16,18). The van der Waals surface area contributed by atoms with Crippen LogP contribution in [0.25, 0.3) is 0 Å². The lowest BCUT2D eigenvalue weighted by Crippen LogP contribution is -2.27. The summed E-state index contributed by atoms with van der Waals surface area (Å²) in [6, 6.07) is 6.92. The van der Waals surface area contributed by atoms with E-state index in [2.05, 4.69) is 17.2 Å². The van der Waals surface area contributed by atoms with E-state index >= 15 is 0 Å². The van der Waals surface area contributed by atoms with E-state index in [0.717, 1.165) is 0 Å². The van der Waals surface area contributed by atoms with Crippen molar-refractivity contribution in [1.29, 1.82) is 0 Å². The third-order valence-electron chi connectivity index (χ3n) is 2.28. The molecule has 0 saturated heterocycles. The molecule has 4 nitrogen and oxygen atoms in total. The van der Waals surface area contributed by atoms with Crippen molar-refractivity contribution in [3.8, 4) is 0 Å². The minimum atomic E-state index is -0.435. The first-order chi connectivity index (χ1) is 8.32. The SMILES string of the molecule is C=CC(=O)Nc1ccc(NC(=O)C(C)(C)C)cc1. The molecule has 0 radical (unpaired) electrons. The van der Waals surface area contributed by atoms with Gasteiger partial charge in [0.1, 0.15) is 0 Å². The van der Waals surface area contributed by atoms with E-state index < -0.39 is 5.41 Å². The summed E-state index contributed by atoms with van der Waals surface area (Å²) < 4.78 is 0. The van der Waals surface area contributed by atoms with Crippen molar-refractivity contribution in [3.05, 3.63) is 36.9 Å². The molecule has 1 aromatic rings. The van der Waals surface area contributed by atoms with Crippen LogP contribution >= 0.6 is 0 Å². The average molecular weight is 246 g/mol.